The van der Waals surface area contributed by atoms with Crippen molar-refractivity contribution < 1.29 is 23.1 Å². The van der Waals surface area contributed by atoms with Gasteiger partial charge < -0.3 is 15.3 Å². The number of anilines is 2. The molecule has 28 heavy (non-hydrogen) atoms. The average Bonchev–Trinajstić information content (AvgIpc) is 2.66. The molecule has 2 rings (SSSR count). The standard InChI is InChI=1S/C20H18F3N3O2/c1-26(9-10-27)18-7-5-14(6-8-18)11-15(13-24)19(28)25-17-4-2-3-16(12-17)20(21,22)23/h2-8,11-12,27H,9-10H2,1H3,(H,25,28)/b15-11+. The predicted octanol–water partition coefficient (Wildman–Crippen LogP) is 3.68. The zero-order chi connectivity index (χ0) is 20.7. The van der Waals surface area contributed by atoms with Gasteiger partial charge in [-0.25, -0.2) is 0 Å². The summed E-state index contributed by atoms with van der Waals surface area (Å²) in [6.07, 6.45) is -3.18. The van der Waals surface area contributed by atoms with Gasteiger partial charge in [-0.2, -0.15) is 18.4 Å². The topological polar surface area (TPSA) is 76.4 Å². The maximum absolute atomic E-state index is 12.8. The van der Waals surface area contributed by atoms with Crippen molar-refractivity contribution in [3.8, 4) is 6.07 Å². The number of nitrogens with one attached hydrogen (secondary N) is 1. The van der Waals surface area contributed by atoms with Gasteiger partial charge in [-0.3, -0.25) is 4.79 Å². The SMILES string of the molecule is CN(CCO)c1ccc(/C=C(\C#N)C(=O)Nc2cccc(C(F)(F)F)c2)cc1. The van der Waals surface area contributed by atoms with Crippen LogP contribution in [-0.4, -0.2) is 31.2 Å². The molecule has 0 aromatic heterocycles. The summed E-state index contributed by atoms with van der Waals surface area (Å²) in [6, 6.07) is 12.9. The van der Waals surface area contributed by atoms with Crippen LogP contribution < -0.4 is 10.2 Å². The first-order chi connectivity index (χ1) is 13.2. The average molecular weight is 389 g/mol. The zero-order valence-corrected chi connectivity index (χ0v) is 15.0. The molecule has 146 valence electrons. The molecular formula is C20H18F3N3O2. The van der Waals surface area contributed by atoms with E-state index in [2.05, 4.69) is 5.32 Å². The van der Waals surface area contributed by atoms with Crippen LogP contribution in [0.15, 0.2) is 54.1 Å². The lowest BCUT2D eigenvalue weighted by Crippen LogP contribution is -2.20. The number of aliphatic hydroxyl groups is 1. The van der Waals surface area contributed by atoms with Crippen molar-refractivity contribution >= 4 is 23.4 Å². The van der Waals surface area contributed by atoms with Gasteiger partial charge in [-0.1, -0.05) is 18.2 Å². The largest absolute Gasteiger partial charge is 0.416 e. The number of carbonyl (C=O) groups is 1. The van der Waals surface area contributed by atoms with Crippen LogP contribution in [0, 0.1) is 11.3 Å². The number of alkyl halides is 3. The van der Waals surface area contributed by atoms with E-state index in [9.17, 15) is 23.2 Å². The van der Waals surface area contributed by atoms with Crippen LogP contribution >= 0.6 is 0 Å². The fraction of sp³-hybridized carbons (Fsp3) is 0.200. The minimum absolute atomic E-state index is 0.00639. The van der Waals surface area contributed by atoms with Crippen LogP contribution in [0.3, 0.4) is 0 Å². The van der Waals surface area contributed by atoms with Gasteiger partial charge in [-0.15, -0.1) is 0 Å². The second-order valence-corrected chi connectivity index (χ2v) is 5.94. The fourth-order valence-electron chi connectivity index (χ4n) is 2.39. The Bertz CT molecular complexity index is 900. The van der Waals surface area contributed by atoms with Crippen molar-refractivity contribution in [3.63, 3.8) is 0 Å². The van der Waals surface area contributed by atoms with Gasteiger partial charge in [0.05, 0.1) is 12.2 Å². The molecule has 0 heterocycles. The van der Waals surface area contributed by atoms with Crippen LogP contribution in [0.5, 0.6) is 0 Å². The molecule has 2 N–H and O–H groups in total. The van der Waals surface area contributed by atoms with Gasteiger partial charge in [0, 0.05) is 25.0 Å². The molecular weight excluding hydrogens is 371 g/mol. The van der Waals surface area contributed by atoms with Crippen molar-refractivity contribution in [2.75, 3.05) is 30.4 Å². The Hall–Kier alpha value is -3.31. The number of nitriles is 1. The number of amides is 1. The van der Waals surface area contributed by atoms with Crippen LogP contribution in [0.2, 0.25) is 0 Å². The fourth-order valence-corrected chi connectivity index (χ4v) is 2.39. The summed E-state index contributed by atoms with van der Waals surface area (Å²) in [5, 5.41) is 20.5. The first kappa shape index (κ1) is 21.0. The van der Waals surface area contributed by atoms with Crippen LogP contribution in [0.1, 0.15) is 11.1 Å². The van der Waals surface area contributed by atoms with Gasteiger partial charge in [0.2, 0.25) is 0 Å². The normalized spacial score (nSPS) is 11.6. The van der Waals surface area contributed by atoms with Gasteiger partial charge in [0.25, 0.3) is 5.91 Å². The summed E-state index contributed by atoms with van der Waals surface area (Å²) in [5.41, 5.74) is 0.237. The predicted molar refractivity (Wildman–Crippen MR) is 100 cm³/mol. The van der Waals surface area contributed by atoms with E-state index in [0.717, 1.165) is 17.8 Å². The Labute approximate surface area is 160 Å². The molecule has 1 amide bonds. The molecule has 0 fully saturated rings. The molecule has 8 heteroatoms. The highest BCUT2D eigenvalue weighted by Gasteiger charge is 2.30. The van der Waals surface area contributed by atoms with Crippen molar-refractivity contribution in [3.05, 3.63) is 65.2 Å². The molecule has 0 saturated carbocycles. The Morgan fingerprint density at radius 2 is 1.93 bits per heavy atom. The minimum Gasteiger partial charge on any atom is -0.395 e. The van der Waals surface area contributed by atoms with Gasteiger partial charge in [0.15, 0.2) is 0 Å². The van der Waals surface area contributed by atoms with E-state index in [1.807, 2.05) is 11.9 Å². The molecule has 0 unspecified atom stereocenters. The molecule has 2 aromatic rings. The van der Waals surface area contributed by atoms with E-state index in [1.54, 1.807) is 30.3 Å². The molecule has 0 spiro atoms. The monoisotopic (exact) mass is 389 g/mol. The number of nitrogens with zero attached hydrogens (tertiary/aromatic N) is 2. The lowest BCUT2D eigenvalue weighted by molar-refractivity contribution is -0.137. The molecule has 0 aliphatic heterocycles. The van der Waals surface area contributed by atoms with E-state index < -0.39 is 17.6 Å². The minimum atomic E-state index is -4.53. The second-order valence-electron chi connectivity index (χ2n) is 5.94. The molecule has 0 saturated heterocycles. The highest BCUT2D eigenvalue weighted by molar-refractivity contribution is 6.09. The van der Waals surface area contributed by atoms with Crippen LogP contribution in [-0.2, 0) is 11.0 Å². The van der Waals surface area contributed by atoms with Crippen molar-refractivity contribution in [2.45, 2.75) is 6.18 Å². The van der Waals surface area contributed by atoms with Crippen molar-refractivity contribution in [2.24, 2.45) is 0 Å². The van der Waals surface area contributed by atoms with Crippen molar-refractivity contribution in [1.29, 1.82) is 5.26 Å². The smallest absolute Gasteiger partial charge is 0.395 e. The summed E-state index contributed by atoms with van der Waals surface area (Å²) in [4.78, 5) is 14.1. The third-order valence-electron chi connectivity index (χ3n) is 3.89. The molecule has 0 radical (unpaired) electrons. The molecule has 0 atom stereocenters. The number of carbonyl (C=O) groups excluding carboxylic acids is 1. The molecule has 0 bridgehead atoms. The Balaban J connectivity index is 2.16. The molecule has 0 aliphatic rings. The van der Waals surface area contributed by atoms with Crippen LogP contribution in [0.25, 0.3) is 6.08 Å². The van der Waals surface area contributed by atoms with Crippen LogP contribution in [0.4, 0.5) is 24.5 Å². The van der Waals surface area contributed by atoms with E-state index in [0.29, 0.717) is 12.1 Å². The zero-order valence-electron chi connectivity index (χ0n) is 15.0. The third kappa shape index (κ3) is 5.59. The molecule has 2 aromatic carbocycles. The number of hydrogen-bond donors (Lipinski definition) is 2. The summed E-state index contributed by atoms with van der Waals surface area (Å²) >= 11 is 0. The van der Waals surface area contributed by atoms with Gasteiger partial charge in [0.1, 0.15) is 11.6 Å². The van der Waals surface area contributed by atoms with Crippen molar-refractivity contribution in [1.82, 2.24) is 0 Å². The highest BCUT2D eigenvalue weighted by atomic mass is 19.4. The highest BCUT2D eigenvalue weighted by Crippen LogP contribution is 2.30. The lowest BCUT2D eigenvalue weighted by Gasteiger charge is -2.17. The lowest BCUT2D eigenvalue weighted by atomic mass is 10.1. The van der Waals surface area contributed by atoms with Gasteiger partial charge >= 0.3 is 6.18 Å². The summed E-state index contributed by atoms with van der Waals surface area (Å²) in [5.74, 6) is -0.803. The van der Waals surface area contributed by atoms with E-state index >= 15 is 0 Å². The quantitative estimate of drug-likeness (QED) is 0.584. The number of benzene rings is 2. The molecule has 5 nitrogen and oxygen atoms in total. The first-order valence-electron chi connectivity index (χ1n) is 8.27. The van der Waals surface area contributed by atoms with E-state index in [1.165, 1.54) is 18.2 Å². The Morgan fingerprint density at radius 1 is 1.25 bits per heavy atom. The number of halogens is 3. The van der Waals surface area contributed by atoms with E-state index in [4.69, 9.17) is 5.11 Å². The van der Waals surface area contributed by atoms with E-state index in [-0.39, 0.29) is 17.9 Å². The summed E-state index contributed by atoms with van der Waals surface area (Å²) in [7, 11) is 1.81. The number of aliphatic hydroxyl groups excluding tert-OH is 1. The molecule has 0 aliphatic carbocycles. The summed E-state index contributed by atoms with van der Waals surface area (Å²) < 4.78 is 38.3. The summed E-state index contributed by atoms with van der Waals surface area (Å²) in [6.45, 7) is 0.463. The maximum atomic E-state index is 12.8. The first-order valence-corrected chi connectivity index (χ1v) is 8.27. The number of hydrogen-bond acceptors (Lipinski definition) is 4. The van der Waals surface area contributed by atoms with Gasteiger partial charge in [-0.05, 0) is 42.0 Å². The Kier molecular flexibility index (Phi) is 6.79. The maximum Gasteiger partial charge on any atom is 0.416 e. The Morgan fingerprint density at radius 3 is 2.50 bits per heavy atom. The number of rotatable bonds is 6. The number of likely N-dealkylation sites (N-methyl/N-ethyl adjacent to an activating group) is 1. The third-order valence-corrected chi connectivity index (χ3v) is 3.89. The second kappa shape index (κ2) is 9.06.